The molecule has 1 heterocycles. The second-order valence-electron chi connectivity index (χ2n) is 4.21. The van der Waals surface area contributed by atoms with Gasteiger partial charge >= 0.3 is 0 Å². The molecule has 0 amide bonds. The Balaban J connectivity index is 1.98. The lowest BCUT2D eigenvalue weighted by molar-refractivity contribution is 0.585. The average Bonchev–Trinajstić information content (AvgIpc) is 2.92. The van der Waals surface area contributed by atoms with E-state index < -0.39 is 10.0 Å². The molecule has 0 unspecified atom stereocenters. The Kier molecular flexibility index (Phi) is 5.38. The van der Waals surface area contributed by atoms with E-state index in [0.717, 1.165) is 0 Å². The van der Waals surface area contributed by atoms with Crippen LogP contribution >= 0.6 is 11.8 Å². The van der Waals surface area contributed by atoms with E-state index in [-0.39, 0.29) is 11.6 Å². The van der Waals surface area contributed by atoms with Gasteiger partial charge < -0.3 is 0 Å². The number of hydrogen-bond acceptors (Lipinski definition) is 4. The van der Waals surface area contributed by atoms with Crippen LogP contribution in [-0.4, -0.2) is 36.0 Å². The van der Waals surface area contributed by atoms with Crippen LogP contribution in [0.3, 0.4) is 0 Å². The smallest absolute Gasteiger partial charge is 0.211 e. The van der Waals surface area contributed by atoms with E-state index in [1.54, 1.807) is 36.0 Å². The van der Waals surface area contributed by atoms with Gasteiger partial charge in [-0.2, -0.15) is 0 Å². The zero-order valence-corrected chi connectivity index (χ0v) is 13.1. The number of hydrogen-bond donors (Lipinski definition) is 1. The van der Waals surface area contributed by atoms with Crippen molar-refractivity contribution in [3.8, 4) is 5.69 Å². The highest BCUT2D eigenvalue weighted by molar-refractivity contribution is 7.99. The highest BCUT2D eigenvalue weighted by Crippen LogP contribution is 2.20. The molecule has 0 aliphatic rings. The Morgan fingerprint density at radius 2 is 2.24 bits per heavy atom. The molecule has 114 valence electrons. The summed E-state index contributed by atoms with van der Waals surface area (Å²) in [7, 11) is -3.17. The van der Waals surface area contributed by atoms with E-state index in [4.69, 9.17) is 0 Å². The summed E-state index contributed by atoms with van der Waals surface area (Å²) in [6.45, 7) is 1.92. The molecule has 0 saturated carbocycles. The highest BCUT2D eigenvalue weighted by Gasteiger charge is 2.08. The van der Waals surface area contributed by atoms with Crippen molar-refractivity contribution in [1.29, 1.82) is 0 Å². The van der Waals surface area contributed by atoms with Gasteiger partial charge in [0.05, 0.1) is 11.4 Å². The lowest BCUT2D eigenvalue weighted by Crippen LogP contribution is -2.27. The monoisotopic (exact) mass is 329 g/mol. The first-order valence-corrected chi connectivity index (χ1v) is 9.05. The van der Waals surface area contributed by atoms with Crippen LogP contribution in [0.15, 0.2) is 41.8 Å². The third-order valence-corrected chi connectivity index (χ3v) is 5.10. The molecule has 0 spiro atoms. The number of sulfonamides is 1. The fraction of sp³-hybridized carbons (Fsp3) is 0.308. The predicted molar refractivity (Wildman–Crippen MR) is 81.7 cm³/mol. The molecule has 2 aromatic rings. The van der Waals surface area contributed by atoms with Gasteiger partial charge in [0.2, 0.25) is 10.0 Å². The molecule has 1 N–H and O–H groups in total. The van der Waals surface area contributed by atoms with Crippen molar-refractivity contribution in [1.82, 2.24) is 14.3 Å². The van der Waals surface area contributed by atoms with Crippen molar-refractivity contribution < 1.29 is 12.8 Å². The van der Waals surface area contributed by atoms with Crippen LogP contribution < -0.4 is 4.72 Å². The zero-order valence-electron chi connectivity index (χ0n) is 11.5. The first kappa shape index (κ1) is 16.0. The van der Waals surface area contributed by atoms with Crippen LogP contribution in [0, 0.1) is 5.82 Å². The Bertz CT molecular complexity index is 701. The average molecular weight is 329 g/mol. The maximum Gasteiger partial charge on any atom is 0.211 e. The molecule has 0 aliphatic carbocycles. The van der Waals surface area contributed by atoms with Gasteiger partial charge in [0.15, 0.2) is 5.16 Å². The minimum Gasteiger partial charge on any atom is -0.295 e. The van der Waals surface area contributed by atoms with Crippen LogP contribution in [0.25, 0.3) is 5.69 Å². The Morgan fingerprint density at radius 3 is 2.95 bits per heavy atom. The standard InChI is InChI=1S/C13H16FN3O2S2/c1-2-21(18,19)16-7-9-20-13-15-6-8-17(13)12-5-3-4-11(14)10-12/h3-6,8,10,16H,2,7,9H2,1H3. The second kappa shape index (κ2) is 7.06. The lowest BCUT2D eigenvalue weighted by Gasteiger charge is -2.08. The van der Waals surface area contributed by atoms with Crippen LogP contribution in [0.2, 0.25) is 0 Å². The second-order valence-corrected chi connectivity index (χ2v) is 7.36. The third kappa shape index (κ3) is 4.55. The minimum atomic E-state index is -3.17. The van der Waals surface area contributed by atoms with E-state index in [9.17, 15) is 12.8 Å². The van der Waals surface area contributed by atoms with Crippen molar-refractivity contribution in [3.63, 3.8) is 0 Å². The number of nitrogens with zero attached hydrogens (tertiary/aromatic N) is 2. The normalized spacial score (nSPS) is 11.7. The highest BCUT2D eigenvalue weighted by atomic mass is 32.2. The summed E-state index contributed by atoms with van der Waals surface area (Å²) in [5.41, 5.74) is 0.684. The Morgan fingerprint density at radius 1 is 1.43 bits per heavy atom. The summed E-state index contributed by atoms with van der Waals surface area (Å²) in [6.07, 6.45) is 3.37. The SMILES string of the molecule is CCS(=O)(=O)NCCSc1nccn1-c1cccc(F)c1. The topological polar surface area (TPSA) is 64.0 Å². The lowest BCUT2D eigenvalue weighted by atomic mass is 10.3. The van der Waals surface area contributed by atoms with Gasteiger partial charge in [-0.3, -0.25) is 4.57 Å². The molecule has 0 bridgehead atoms. The predicted octanol–water partition coefficient (Wildman–Crippen LogP) is 2.04. The third-order valence-electron chi connectivity index (χ3n) is 2.73. The maximum atomic E-state index is 13.3. The summed E-state index contributed by atoms with van der Waals surface area (Å²) in [6, 6.07) is 6.22. The summed E-state index contributed by atoms with van der Waals surface area (Å²) < 4.78 is 40.1. The molecule has 0 saturated heterocycles. The number of halogens is 1. The van der Waals surface area contributed by atoms with E-state index in [2.05, 4.69) is 9.71 Å². The Labute approximate surface area is 127 Å². The summed E-state index contributed by atoms with van der Waals surface area (Å²) in [5, 5.41) is 0.691. The van der Waals surface area contributed by atoms with E-state index in [1.165, 1.54) is 23.9 Å². The molecule has 2 rings (SSSR count). The number of imidazole rings is 1. The van der Waals surface area contributed by atoms with Crippen LogP contribution in [0.5, 0.6) is 0 Å². The van der Waals surface area contributed by atoms with Gasteiger partial charge in [-0.05, 0) is 25.1 Å². The number of nitrogens with one attached hydrogen (secondary N) is 1. The number of benzene rings is 1. The molecule has 21 heavy (non-hydrogen) atoms. The molecule has 1 aromatic heterocycles. The van der Waals surface area contributed by atoms with Gasteiger partial charge in [0.1, 0.15) is 5.82 Å². The fourth-order valence-electron chi connectivity index (χ4n) is 1.66. The number of aromatic nitrogens is 2. The van der Waals surface area contributed by atoms with Crippen LogP contribution in [0.4, 0.5) is 4.39 Å². The van der Waals surface area contributed by atoms with Crippen molar-refractivity contribution in [2.75, 3.05) is 18.1 Å². The van der Waals surface area contributed by atoms with E-state index >= 15 is 0 Å². The van der Waals surface area contributed by atoms with Gasteiger partial charge in [-0.1, -0.05) is 17.8 Å². The van der Waals surface area contributed by atoms with Gasteiger partial charge in [-0.25, -0.2) is 22.5 Å². The van der Waals surface area contributed by atoms with Gasteiger partial charge in [0, 0.05) is 24.7 Å². The Hall–Kier alpha value is -1.38. The quantitative estimate of drug-likeness (QED) is 0.624. The number of rotatable bonds is 7. The molecule has 0 radical (unpaired) electrons. The largest absolute Gasteiger partial charge is 0.295 e. The molecule has 5 nitrogen and oxygen atoms in total. The molecule has 0 aliphatic heterocycles. The van der Waals surface area contributed by atoms with Crippen molar-refractivity contribution in [3.05, 3.63) is 42.5 Å². The summed E-state index contributed by atoms with van der Waals surface area (Å²) in [5.74, 6) is 0.300. The fourth-order valence-corrected chi connectivity index (χ4v) is 3.23. The van der Waals surface area contributed by atoms with E-state index in [1.807, 2.05) is 0 Å². The summed E-state index contributed by atoms with van der Waals surface area (Å²) in [4.78, 5) is 4.20. The number of thioether (sulfide) groups is 1. The van der Waals surface area contributed by atoms with Gasteiger partial charge in [0.25, 0.3) is 0 Å². The first-order valence-electron chi connectivity index (χ1n) is 6.41. The first-order chi connectivity index (χ1) is 10.0. The van der Waals surface area contributed by atoms with E-state index in [0.29, 0.717) is 23.1 Å². The molecular formula is C13H16FN3O2S2. The molecular weight excluding hydrogens is 313 g/mol. The van der Waals surface area contributed by atoms with Crippen molar-refractivity contribution >= 4 is 21.8 Å². The molecule has 0 fully saturated rings. The zero-order chi connectivity index (χ0) is 15.3. The summed E-state index contributed by atoms with van der Waals surface area (Å²) >= 11 is 1.41. The molecule has 1 aromatic carbocycles. The van der Waals surface area contributed by atoms with Crippen LogP contribution in [0.1, 0.15) is 6.92 Å². The van der Waals surface area contributed by atoms with Crippen LogP contribution in [-0.2, 0) is 10.0 Å². The molecule has 8 heteroatoms. The van der Waals surface area contributed by atoms with Gasteiger partial charge in [-0.15, -0.1) is 0 Å². The maximum absolute atomic E-state index is 13.3. The molecule has 0 atom stereocenters. The van der Waals surface area contributed by atoms with Crippen molar-refractivity contribution in [2.24, 2.45) is 0 Å². The van der Waals surface area contributed by atoms with Crippen molar-refractivity contribution in [2.45, 2.75) is 12.1 Å². The minimum absolute atomic E-state index is 0.0651.